The number of nitrogens with zero attached hydrogens (tertiary/aromatic N) is 2. The number of phenols is 1. The number of aliphatic imine (C=N–C) groups is 1. The van der Waals surface area contributed by atoms with E-state index in [9.17, 15) is 5.11 Å². The van der Waals surface area contributed by atoms with Crippen LogP contribution in [0.4, 0.5) is 0 Å². The Morgan fingerprint density at radius 2 is 2.13 bits per heavy atom. The first-order valence-electron chi connectivity index (χ1n) is 9.02. The van der Waals surface area contributed by atoms with E-state index < -0.39 is 0 Å². The molecule has 2 aliphatic rings. The van der Waals surface area contributed by atoms with Crippen molar-refractivity contribution >= 4 is 5.96 Å². The Bertz CT molecular complexity index is 549. The van der Waals surface area contributed by atoms with E-state index in [0.717, 1.165) is 37.6 Å². The maximum absolute atomic E-state index is 9.54. The van der Waals surface area contributed by atoms with Crippen molar-refractivity contribution in [1.29, 1.82) is 0 Å². The SMILES string of the molecule is CCNC(=NCCc1cccc(O)c1)N1CCC2(CCCC2)C1. The van der Waals surface area contributed by atoms with E-state index in [1.807, 2.05) is 18.2 Å². The molecular formula is C19H29N3O. The van der Waals surface area contributed by atoms with E-state index >= 15 is 0 Å². The molecule has 1 aliphatic heterocycles. The summed E-state index contributed by atoms with van der Waals surface area (Å²) in [5.41, 5.74) is 1.71. The summed E-state index contributed by atoms with van der Waals surface area (Å²) in [6.07, 6.45) is 7.78. The third-order valence-corrected chi connectivity index (χ3v) is 5.31. The number of phenolic OH excluding ortho intramolecular Hbond substituents is 1. The van der Waals surface area contributed by atoms with Gasteiger partial charge in [-0.25, -0.2) is 0 Å². The van der Waals surface area contributed by atoms with Gasteiger partial charge in [-0.3, -0.25) is 4.99 Å². The molecule has 0 bridgehead atoms. The summed E-state index contributed by atoms with van der Waals surface area (Å²) in [4.78, 5) is 7.28. The summed E-state index contributed by atoms with van der Waals surface area (Å²) in [7, 11) is 0. The number of hydrogen-bond donors (Lipinski definition) is 2. The standard InChI is InChI=1S/C19H29N3O/c1-2-20-18(21-12-8-16-6-5-7-17(23)14-16)22-13-11-19(15-22)9-3-4-10-19/h5-7,14,23H,2-4,8-13,15H2,1H3,(H,20,21). The molecule has 1 saturated carbocycles. The molecule has 4 heteroatoms. The summed E-state index contributed by atoms with van der Waals surface area (Å²) >= 11 is 0. The van der Waals surface area contributed by atoms with Crippen LogP contribution in [0.2, 0.25) is 0 Å². The normalized spacial score (nSPS) is 20.4. The van der Waals surface area contributed by atoms with Crippen molar-refractivity contribution in [3.05, 3.63) is 29.8 Å². The Labute approximate surface area is 139 Å². The number of guanidine groups is 1. The van der Waals surface area contributed by atoms with Gasteiger partial charge in [-0.05, 0) is 55.7 Å². The van der Waals surface area contributed by atoms with Gasteiger partial charge in [0.25, 0.3) is 0 Å². The summed E-state index contributed by atoms with van der Waals surface area (Å²) in [5, 5.41) is 13.0. The molecule has 23 heavy (non-hydrogen) atoms. The molecule has 1 aliphatic carbocycles. The molecule has 1 aromatic carbocycles. The molecule has 0 amide bonds. The zero-order valence-corrected chi connectivity index (χ0v) is 14.2. The number of aromatic hydroxyl groups is 1. The van der Waals surface area contributed by atoms with Crippen LogP contribution in [0.25, 0.3) is 0 Å². The fraction of sp³-hybridized carbons (Fsp3) is 0.632. The average molecular weight is 315 g/mol. The highest BCUT2D eigenvalue weighted by atomic mass is 16.3. The van der Waals surface area contributed by atoms with Gasteiger partial charge in [-0.1, -0.05) is 25.0 Å². The van der Waals surface area contributed by atoms with E-state index in [-0.39, 0.29) is 0 Å². The summed E-state index contributed by atoms with van der Waals surface area (Å²) < 4.78 is 0. The molecule has 2 N–H and O–H groups in total. The van der Waals surface area contributed by atoms with Crippen LogP contribution in [-0.2, 0) is 6.42 Å². The average Bonchev–Trinajstić information content (AvgIpc) is 3.17. The second kappa shape index (κ2) is 7.24. The number of hydrogen-bond acceptors (Lipinski definition) is 2. The summed E-state index contributed by atoms with van der Waals surface area (Å²) in [5.74, 6) is 1.40. The van der Waals surface area contributed by atoms with Gasteiger partial charge in [0.15, 0.2) is 5.96 Å². The third-order valence-electron chi connectivity index (χ3n) is 5.31. The molecule has 1 heterocycles. The molecule has 1 aromatic rings. The van der Waals surface area contributed by atoms with Crippen molar-refractivity contribution in [2.24, 2.45) is 10.4 Å². The van der Waals surface area contributed by atoms with Gasteiger partial charge in [0, 0.05) is 26.2 Å². The number of nitrogens with one attached hydrogen (secondary N) is 1. The van der Waals surface area contributed by atoms with Crippen LogP contribution in [-0.4, -0.2) is 42.1 Å². The van der Waals surface area contributed by atoms with Gasteiger partial charge in [0.2, 0.25) is 0 Å². The lowest BCUT2D eigenvalue weighted by molar-refractivity contribution is 0.309. The van der Waals surface area contributed by atoms with Gasteiger partial charge >= 0.3 is 0 Å². The zero-order chi connectivity index (χ0) is 16.1. The van der Waals surface area contributed by atoms with E-state index in [4.69, 9.17) is 4.99 Å². The first-order chi connectivity index (χ1) is 11.2. The molecular weight excluding hydrogens is 286 g/mol. The van der Waals surface area contributed by atoms with Gasteiger partial charge < -0.3 is 15.3 Å². The maximum atomic E-state index is 9.54. The second-order valence-corrected chi connectivity index (χ2v) is 7.03. The highest BCUT2D eigenvalue weighted by molar-refractivity contribution is 5.80. The lowest BCUT2D eigenvalue weighted by Gasteiger charge is -2.26. The predicted molar refractivity (Wildman–Crippen MR) is 94.9 cm³/mol. The maximum Gasteiger partial charge on any atom is 0.193 e. The second-order valence-electron chi connectivity index (χ2n) is 7.03. The highest BCUT2D eigenvalue weighted by Gasteiger charge is 2.40. The van der Waals surface area contributed by atoms with Crippen LogP contribution in [0.15, 0.2) is 29.3 Å². The van der Waals surface area contributed by atoms with Gasteiger partial charge in [0.05, 0.1) is 0 Å². The minimum atomic E-state index is 0.334. The fourth-order valence-corrected chi connectivity index (χ4v) is 4.08. The third kappa shape index (κ3) is 3.98. The summed E-state index contributed by atoms with van der Waals surface area (Å²) in [6, 6.07) is 7.48. The fourth-order valence-electron chi connectivity index (χ4n) is 4.08. The van der Waals surface area contributed by atoms with E-state index in [1.165, 1.54) is 38.6 Å². The first-order valence-corrected chi connectivity index (χ1v) is 9.02. The van der Waals surface area contributed by atoms with Crippen molar-refractivity contribution in [2.75, 3.05) is 26.2 Å². The lowest BCUT2D eigenvalue weighted by Crippen LogP contribution is -2.41. The Kier molecular flexibility index (Phi) is 5.09. The molecule has 126 valence electrons. The smallest absolute Gasteiger partial charge is 0.193 e. The first kappa shape index (κ1) is 16.2. The Morgan fingerprint density at radius 3 is 2.87 bits per heavy atom. The van der Waals surface area contributed by atoms with Crippen molar-refractivity contribution < 1.29 is 5.11 Å². The van der Waals surface area contributed by atoms with Crippen LogP contribution in [0, 0.1) is 5.41 Å². The molecule has 1 spiro atoms. The van der Waals surface area contributed by atoms with Crippen LogP contribution in [0.3, 0.4) is 0 Å². The van der Waals surface area contributed by atoms with Crippen LogP contribution in [0.5, 0.6) is 5.75 Å². The Morgan fingerprint density at radius 1 is 1.30 bits per heavy atom. The van der Waals surface area contributed by atoms with Crippen molar-refractivity contribution in [3.63, 3.8) is 0 Å². The minimum absolute atomic E-state index is 0.334. The Balaban J connectivity index is 1.59. The van der Waals surface area contributed by atoms with Crippen molar-refractivity contribution in [3.8, 4) is 5.75 Å². The van der Waals surface area contributed by atoms with E-state index in [0.29, 0.717) is 11.2 Å². The van der Waals surface area contributed by atoms with Crippen LogP contribution < -0.4 is 5.32 Å². The zero-order valence-electron chi connectivity index (χ0n) is 14.2. The van der Waals surface area contributed by atoms with Gasteiger partial charge in [-0.15, -0.1) is 0 Å². The number of rotatable bonds is 4. The van der Waals surface area contributed by atoms with Crippen LogP contribution >= 0.6 is 0 Å². The van der Waals surface area contributed by atoms with Gasteiger partial charge in [-0.2, -0.15) is 0 Å². The lowest BCUT2D eigenvalue weighted by atomic mass is 9.86. The Hall–Kier alpha value is -1.71. The van der Waals surface area contributed by atoms with Crippen molar-refractivity contribution in [1.82, 2.24) is 10.2 Å². The molecule has 0 unspecified atom stereocenters. The molecule has 2 fully saturated rings. The minimum Gasteiger partial charge on any atom is -0.508 e. The number of benzene rings is 1. The molecule has 4 nitrogen and oxygen atoms in total. The molecule has 0 radical (unpaired) electrons. The molecule has 0 atom stereocenters. The van der Waals surface area contributed by atoms with E-state index in [1.54, 1.807) is 6.07 Å². The molecule has 3 rings (SSSR count). The van der Waals surface area contributed by atoms with Crippen molar-refractivity contribution in [2.45, 2.75) is 45.4 Å². The quantitative estimate of drug-likeness (QED) is 0.663. The highest BCUT2D eigenvalue weighted by Crippen LogP contribution is 2.45. The largest absolute Gasteiger partial charge is 0.508 e. The number of likely N-dealkylation sites (tertiary alicyclic amines) is 1. The predicted octanol–water partition coefficient (Wildman–Crippen LogP) is 3.17. The molecule has 0 aromatic heterocycles. The van der Waals surface area contributed by atoms with E-state index in [2.05, 4.69) is 17.1 Å². The topological polar surface area (TPSA) is 47.9 Å². The molecule has 1 saturated heterocycles. The summed E-state index contributed by atoms with van der Waals surface area (Å²) in [6.45, 7) is 6.11. The van der Waals surface area contributed by atoms with Gasteiger partial charge in [0.1, 0.15) is 5.75 Å². The van der Waals surface area contributed by atoms with Crippen LogP contribution in [0.1, 0.15) is 44.6 Å². The monoisotopic (exact) mass is 315 g/mol.